The van der Waals surface area contributed by atoms with Crippen LogP contribution >= 0.6 is 11.6 Å². The summed E-state index contributed by atoms with van der Waals surface area (Å²) in [4.78, 5) is 4.19. The van der Waals surface area contributed by atoms with Gasteiger partial charge >= 0.3 is 0 Å². The molecule has 0 saturated heterocycles. The average Bonchev–Trinajstić information content (AvgIpc) is 2.58. The lowest BCUT2D eigenvalue weighted by molar-refractivity contribution is 0.628. The Kier molecular flexibility index (Phi) is 3.45. The van der Waals surface area contributed by atoms with Gasteiger partial charge in [-0.15, -0.1) is 0 Å². The molecular formula is C12H13ClFN3. The number of nitrogens with zero attached hydrogens (tertiary/aromatic N) is 2. The van der Waals surface area contributed by atoms with Gasteiger partial charge in [0.2, 0.25) is 0 Å². The minimum atomic E-state index is -0.309. The molecule has 0 aliphatic carbocycles. The van der Waals surface area contributed by atoms with Crippen LogP contribution in [-0.2, 0) is 13.5 Å². The molecule has 0 bridgehead atoms. The van der Waals surface area contributed by atoms with Gasteiger partial charge in [0.05, 0.1) is 11.3 Å². The molecule has 0 unspecified atom stereocenters. The van der Waals surface area contributed by atoms with Gasteiger partial charge in [-0.25, -0.2) is 9.37 Å². The number of nitrogens with two attached hydrogens (primary N) is 1. The van der Waals surface area contributed by atoms with Gasteiger partial charge in [-0.1, -0.05) is 23.7 Å². The van der Waals surface area contributed by atoms with Crippen molar-refractivity contribution in [3.8, 4) is 11.4 Å². The molecule has 0 radical (unpaired) electrons. The monoisotopic (exact) mass is 253 g/mol. The van der Waals surface area contributed by atoms with Crippen molar-refractivity contribution in [2.24, 2.45) is 12.8 Å². The SMILES string of the molecule is Cn1c(-c2ccccc2F)nc(Cl)c1CCN. The molecular weight excluding hydrogens is 241 g/mol. The second-order valence-electron chi connectivity index (χ2n) is 3.75. The molecule has 0 atom stereocenters. The molecule has 17 heavy (non-hydrogen) atoms. The first-order chi connectivity index (χ1) is 8.15. The molecule has 0 aliphatic rings. The minimum Gasteiger partial charge on any atom is -0.330 e. The maximum atomic E-state index is 13.7. The van der Waals surface area contributed by atoms with Crippen LogP contribution in [0.25, 0.3) is 11.4 Å². The lowest BCUT2D eigenvalue weighted by Gasteiger charge is -2.05. The molecule has 0 amide bonds. The maximum Gasteiger partial charge on any atom is 0.151 e. The van der Waals surface area contributed by atoms with Crippen molar-refractivity contribution >= 4 is 11.6 Å². The summed E-state index contributed by atoms with van der Waals surface area (Å²) < 4.78 is 15.4. The van der Waals surface area contributed by atoms with Crippen LogP contribution < -0.4 is 5.73 Å². The first kappa shape index (κ1) is 12.1. The summed E-state index contributed by atoms with van der Waals surface area (Å²) >= 11 is 6.02. The van der Waals surface area contributed by atoms with Gasteiger partial charge in [0, 0.05) is 13.5 Å². The number of imidazole rings is 1. The van der Waals surface area contributed by atoms with Gasteiger partial charge in [0.15, 0.2) is 5.15 Å². The summed E-state index contributed by atoms with van der Waals surface area (Å²) in [5, 5.41) is 0.385. The van der Waals surface area contributed by atoms with Crippen LogP contribution in [0.3, 0.4) is 0 Å². The van der Waals surface area contributed by atoms with Crippen LogP contribution in [0.4, 0.5) is 4.39 Å². The predicted octanol–water partition coefficient (Wildman–Crippen LogP) is 2.38. The van der Waals surface area contributed by atoms with Gasteiger partial charge in [0.1, 0.15) is 11.6 Å². The lowest BCUT2D eigenvalue weighted by Crippen LogP contribution is -2.07. The second kappa shape index (κ2) is 4.85. The number of benzene rings is 1. The Morgan fingerprint density at radius 3 is 2.76 bits per heavy atom. The van der Waals surface area contributed by atoms with Crippen LogP contribution in [0.15, 0.2) is 24.3 Å². The fraction of sp³-hybridized carbons (Fsp3) is 0.250. The summed E-state index contributed by atoms with van der Waals surface area (Å²) in [5.74, 6) is 0.216. The molecule has 0 spiro atoms. The van der Waals surface area contributed by atoms with Gasteiger partial charge in [-0.3, -0.25) is 0 Å². The Labute approximate surface area is 104 Å². The van der Waals surface area contributed by atoms with E-state index in [0.717, 1.165) is 5.69 Å². The quantitative estimate of drug-likeness (QED) is 0.913. The van der Waals surface area contributed by atoms with E-state index in [4.69, 9.17) is 17.3 Å². The lowest BCUT2D eigenvalue weighted by atomic mass is 10.2. The summed E-state index contributed by atoms with van der Waals surface area (Å²) in [5.41, 5.74) is 6.77. The van der Waals surface area contributed by atoms with E-state index >= 15 is 0 Å². The van der Waals surface area contributed by atoms with E-state index in [0.29, 0.717) is 29.5 Å². The van der Waals surface area contributed by atoms with Gasteiger partial charge in [-0.05, 0) is 18.7 Å². The molecule has 2 rings (SSSR count). The molecule has 3 nitrogen and oxygen atoms in total. The minimum absolute atomic E-state index is 0.309. The van der Waals surface area contributed by atoms with E-state index < -0.39 is 0 Å². The summed E-state index contributed by atoms with van der Waals surface area (Å²) in [7, 11) is 1.81. The number of aromatic nitrogens is 2. The van der Waals surface area contributed by atoms with E-state index in [1.165, 1.54) is 6.07 Å². The van der Waals surface area contributed by atoms with Crippen LogP contribution in [-0.4, -0.2) is 16.1 Å². The van der Waals surface area contributed by atoms with Crippen molar-refractivity contribution in [3.05, 3.63) is 40.9 Å². The summed E-state index contributed by atoms with van der Waals surface area (Å²) in [6.45, 7) is 0.482. The van der Waals surface area contributed by atoms with E-state index in [9.17, 15) is 4.39 Å². The standard InChI is InChI=1S/C12H13ClFN3/c1-17-10(6-7-15)11(13)16-12(17)8-4-2-3-5-9(8)14/h2-5H,6-7,15H2,1H3. The molecule has 0 fully saturated rings. The molecule has 5 heteroatoms. The van der Waals surface area contributed by atoms with Crippen molar-refractivity contribution < 1.29 is 4.39 Å². The van der Waals surface area contributed by atoms with Crippen molar-refractivity contribution in [1.29, 1.82) is 0 Å². The highest BCUT2D eigenvalue weighted by Gasteiger charge is 2.16. The third-order valence-corrected chi connectivity index (χ3v) is 2.96. The molecule has 2 aromatic rings. The Morgan fingerprint density at radius 1 is 1.41 bits per heavy atom. The van der Waals surface area contributed by atoms with E-state index in [-0.39, 0.29) is 5.82 Å². The average molecular weight is 254 g/mol. The normalized spacial score (nSPS) is 10.8. The van der Waals surface area contributed by atoms with Gasteiger partial charge in [0.25, 0.3) is 0 Å². The number of rotatable bonds is 3. The van der Waals surface area contributed by atoms with Crippen LogP contribution in [0.1, 0.15) is 5.69 Å². The van der Waals surface area contributed by atoms with Crippen LogP contribution in [0.2, 0.25) is 5.15 Å². The molecule has 0 saturated carbocycles. The van der Waals surface area contributed by atoms with E-state index in [1.807, 2.05) is 7.05 Å². The molecule has 1 aromatic heterocycles. The van der Waals surface area contributed by atoms with Crippen LogP contribution in [0.5, 0.6) is 0 Å². The highest BCUT2D eigenvalue weighted by Crippen LogP contribution is 2.26. The number of hydrogen-bond donors (Lipinski definition) is 1. The van der Waals surface area contributed by atoms with Crippen molar-refractivity contribution in [2.45, 2.75) is 6.42 Å². The zero-order chi connectivity index (χ0) is 12.4. The third-order valence-electron chi connectivity index (χ3n) is 2.66. The van der Waals surface area contributed by atoms with Gasteiger partial charge in [-0.2, -0.15) is 0 Å². The zero-order valence-corrected chi connectivity index (χ0v) is 10.2. The van der Waals surface area contributed by atoms with Crippen molar-refractivity contribution in [2.75, 3.05) is 6.54 Å². The fourth-order valence-electron chi connectivity index (χ4n) is 1.79. The summed E-state index contributed by atoms with van der Waals surface area (Å²) in [6, 6.07) is 6.49. The first-order valence-electron chi connectivity index (χ1n) is 5.31. The fourth-order valence-corrected chi connectivity index (χ4v) is 2.09. The first-order valence-corrected chi connectivity index (χ1v) is 5.69. The summed E-state index contributed by atoms with van der Waals surface area (Å²) in [6.07, 6.45) is 0.622. The van der Waals surface area contributed by atoms with Crippen molar-refractivity contribution in [1.82, 2.24) is 9.55 Å². The Balaban J connectivity index is 2.54. The van der Waals surface area contributed by atoms with E-state index in [2.05, 4.69) is 4.98 Å². The smallest absolute Gasteiger partial charge is 0.151 e. The van der Waals surface area contributed by atoms with Crippen LogP contribution in [0, 0.1) is 5.82 Å². The molecule has 2 N–H and O–H groups in total. The van der Waals surface area contributed by atoms with Crippen molar-refractivity contribution in [3.63, 3.8) is 0 Å². The third kappa shape index (κ3) is 2.18. The Hall–Kier alpha value is -1.39. The Morgan fingerprint density at radius 2 is 2.12 bits per heavy atom. The molecule has 1 aromatic carbocycles. The largest absolute Gasteiger partial charge is 0.330 e. The number of halogens is 2. The molecule has 1 heterocycles. The Bertz CT molecular complexity index is 537. The molecule has 0 aliphatic heterocycles. The predicted molar refractivity (Wildman–Crippen MR) is 66.4 cm³/mol. The topological polar surface area (TPSA) is 43.8 Å². The highest BCUT2D eigenvalue weighted by atomic mass is 35.5. The van der Waals surface area contributed by atoms with E-state index in [1.54, 1.807) is 22.8 Å². The highest BCUT2D eigenvalue weighted by molar-refractivity contribution is 6.30. The number of hydrogen-bond acceptors (Lipinski definition) is 2. The van der Waals surface area contributed by atoms with Gasteiger partial charge < -0.3 is 10.3 Å². The molecule has 90 valence electrons. The second-order valence-corrected chi connectivity index (χ2v) is 4.11. The maximum absolute atomic E-state index is 13.7. The zero-order valence-electron chi connectivity index (χ0n) is 9.45.